The summed E-state index contributed by atoms with van der Waals surface area (Å²) in [5.74, 6) is 1.29. The van der Waals surface area contributed by atoms with Gasteiger partial charge in [-0.1, -0.05) is 38.1 Å². The highest BCUT2D eigenvalue weighted by molar-refractivity contribution is 5.76. The predicted molar refractivity (Wildman–Crippen MR) is 77.8 cm³/mol. The highest BCUT2D eigenvalue weighted by Gasteiger charge is 2.24. The van der Waals surface area contributed by atoms with Gasteiger partial charge in [-0.2, -0.15) is 0 Å². The lowest BCUT2D eigenvalue weighted by Gasteiger charge is -2.14. The Balaban J connectivity index is 1.81. The number of hydrogen-bond donors (Lipinski definition) is 2. The van der Waals surface area contributed by atoms with E-state index in [0.29, 0.717) is 24.8 Å². The third-order valence-electron chi connectivity index (χ3n) is 3.72. The summed E-state index contributed by atoms with van der Waals surface area (Å²) in [4.78, 5) is 11.6. The second-order valence-corrected chi connectivity index (χ2v) is 5.88. The van der Waals surface area contributed by atoms with E-state index in [-0.39, 0.29) is 11.9 Å². The highest BCUT2D eigenvalue weighted by atomic mass is 16.1. The van der Waals surface area contributed by atoms with Crippen LogP contribution in [0.5, 0.6) is 0 Å². The van der Waals surface area contributed by atoms with E-state index in [1.165, 1.54) is 18.4 Å². The molecule has 104 valence electrons. The maximum atomic E-state index is 11.6. The Morgan fingerprint density at radius 3 is 2.37 bits per heavy atom. The second-order valence-electron chi connectivity index (χ2n) is 5.88. The van der Waals surface area contributed by atoms with Crippen molar-refractivity contribution in [3.63, 3.8) is 0 Å². The lowest BCUT2D eigenvalue weighted by atomic mass is 9.99. The van der Waals surface area contributed by atoms with Crippen LogP contribution in [0.2, 0.25) is 0 Å². The van der Waals surface area contributed by atoms with Gasteiger partial charge in [-0.25, -0.2) is 0 Å². The molecule has 1 aromatic rings. The number of rotatable bonds is 6. The molecule has 0 radical (unpaired) electrons. The summed E-state index contributed by atoms with van der Waals surface area (Å²) in [5, 5.41) is 2.93. The summed E-state index contributed by atoms with van der Waals surface area (Å²) in [7, 11) is 0. The SMILES string of the molecule is CC(C)c1ccc(C(N)CNC(=O)CC2CC2)cc1. The van der Waals surface area contributed by atoms with Crippen LogP contribution in [0.1, 0.15) is 56.2 Å². The molecule has 19 heavy (non-hydrogen) atoms. The molecule has 0 saturated heterocycles. The topological polar surface area (TPSA) is 55.1 Å². The van der Waals surface area contributed by atoms with E-state index in [1.54, 1.807) is 0 Å². The molecule has 1 saturated carbocycles. The average Bonchev–Trinajstić information content (AvgIpc) is 3.20. The zero-order valence-corrected chi connectivity index (χ0v) is 11.9. The lowest BCUT2D eigenvalue weighted by molar-refractivity contribution is -0.121. The molecule has 2 rings (SSSR count). The summed E-state index contributed by atoms with van der Waals surface area (Å²) >= 11 is 0. The Labute approximate surface area is 115 Å². The third kappa shape index (κ3) is 4.35. The Kier molecular flexibility index (Phi) is 4.59. The van der Waals surface area contributed by atoms with Gasteiger partial charge >= 0.3 is 0 Å². The smallest absolute Gasteiger partial charge is 0.220 e. The van der Waals surface area contributed by atoms with Gasteiger partial charge in [0.15, 0.2) is 0 Å². The molecular weight excluding hydrogens is 236 g/mol. The van der Waals surface area contributed by atoms with Gasteiger partial charge in [0.05, 0.1) is 0 Å². The maximum absolute atomic E-state index is 11.6. The molecule has 1 aliphatic rings. The summed E-state index contributed by atoms with van der Waals surface area (Å²) in [6, 6.07) is 8.24. The van der Waals surface area contributed by atoms with E-state index in [2.05, 4.69) is 43.4 Å². The number of carbonyl (C=O) groups is 1. The van der Waals surface area contributed by atoms with Crippen molar-refractivity contribution in [1.29, 1.82) is 0 Å². The molecule has 0 bridgehead atoms. The molecule has 1 fully saturated rings. The predicted octanol–water partition coefficient (Wildman–Crippen LogP) is 2.73. The van der Waals surface area contributed by atoms with Crippen LogP contribution in [0.4, 0.5) is 0 Å². The number of amides is 1. The van der Waals surface area contributed by atoms with Crippen LogP contribution in [0, 0.1) is 5.92 Å². The molecule has 1 amide bonds. The van der Waals surface area contributed by atoms with Gasteiger partial charge in [-0.05, 0) is 35.8 Å². The fraction of sp³-hybridized carbons (Fsp3) is 0.562. The van der Waals surface area contributed by atoms with E-state index in [0.717, 1.165) is 5.56 Å². The van der Waals surface area contributed by atoms with E-state index in [4.69, 9.17) is 5.73 Å². The van der Waals surface area contributed by atoms with Crippen molar-refractivity contribution < 1.29 is 4.79 Å². The fourth-order valence-electron chi connectivity index (χ4n) is 2.13. The van der Waals surface area contributed by atoms with E-state index >= 15 is 0 Å². The first kappa shape index (κ1) is 14.1. The summed E-state index contributed by atoms with van der Waals surface area (Å²) in [6.45, 7) is 4.87. The van der Waals surface area contributed by atoms with Gasteiger partial charge < -0.3 is 11.1 Å². The first-order valence-corrected chi connectivity index (χ1v) is 7.18. The zero-order valence-electron chi connectivity index (χ0n) is 11.9. The van der Waals surface area contributed by atoms with Crippen LogP contribution in [-0.2, 0) is 4.79 Å². The monoisotopic (exact) mass is 260 g/mol. The van der Waals surface area contributed by atoms with Crippen LogP contribution in [-0.4, -0.2) is 12.5 Å². The molecule has 0 spiro atoms. The number of hydrogen-bond acceptors (Lipinski definition) is 2. The summed E-state index contributed by atoms with van der Waals surface area (Å²) in [6.07, 6.45) is 3.07. The molecule has 3 nitrogen and oxygen atoms in total. The van der Waals surface area contributed by atoms with Crippen molar-refractivity contribution in [2.24, 2.45) is 11.7 Å². The highest BCUT2D eigenvalue weighted by Crippen LogP contribution is 2.32. The van der Waals surface area contributed by atoms with E-state index in [1.807, 2.05) is 0 Å². The molecule has 1 atom stereocenters. The molecule has 1 aromatic carbocycles. The van der Waals surface area contributed by atoms with E-state index < -0.39 is 0 Å². The maximum Gasteiger partial charge on any atom is 0.220 e. The number of nitrogens with one attached hydrogen (secondary N) is 1. The minimum Gasteiger partial charge on any atom is -0.354 e. The Bertz CT molecular complexity index is 421. The van der Waals surface area contributed by atoms with Crippen LogP contribution in [0.3, 0.4) is 0 Å². The molecule has 0 heterocycles. The lowest BCUT2D eigenvalue weighted by Crippen LogP contribution is -2.32. The third-order valence-corrected chi connectivity index (χ3v) is 3.72. The average molecular weight is 260 g/mol. The van der Waals surface area contributed by atoms with Gasteiger partial charge in [0.2, 0.25) is 5.91 Å². The van der Waals surface area contributed by atoms with Crippen molar-refractivity contribution in [3.05, 3.63) is 35.4 Å². The van der Waals surface area contributed by atoms with Crippen molar-refractivity contribution in [1.82, 2.24) is 5.32 Å². The molecule has 0 aromatic heterocycles. The Morgan fingerprint density at radius 2 is 1.84 bits per heavy atom. The number of carbonyl (C=O) groups excluding carboxylic acids is 1. The van der Waals surface area contributed by atoms with Crippen LogP contribution in [0.25, 0.3) is 0 Å². The Morgan fingerprint density at radius 1 is 1.26 bits per heavy atom. The van der Waals surface area contributed by atoms with Crippen LogP contribution >= 0.6 is 0 Å². The van der Waals surface area contributed by atoms with Crippen molar-refractivity contribution in [2.45, 2.75) is 45.1 Å². The number of nitrogens with two attached hydrogens (primary N) is 1. The Hall–Kier alpha value is -1.35. The standard InChI is InChI=1S/C16H24N2O/c1-11(2)13-5-7-14(8-6-13)15(17)10-18-16(19)9-12-3-4-12/h5-8,11-12,15H,3-4,9-10,17H2,1-2H3,(H,18,19). The van der Waals surface area contributed by atoms with Gasteiger partial charge in [0.25, 0.3) is 0 Å². The normalized spacial score (nSPS) is 16.4. The summed E-state index contributed by atoms with van der Waals surface area (Å²) < 4.78 is 0. The first-order valence-electron chi connectivity index (χ1n) is 7.18. The van der Waals surface area contributed by atoms with Gasteiger partial charge in [-0.3, -0.25) is 4.79 Å². The van der Waals surface area contributed by atoms with Gasteiger partial charge in [-0.15, -0.1) is 0 Å². The molecule has 0 aliphatic heterocycles. The largest absolute Gasteiger partial charge is 0.354 e. The second kappa shape index (κ2) is 6.20. The van der Waals surface area contributed by atoms with Crippen molar-refractivity contribution in [3.8, 4) is 0 Å². The van der Waals surface area contributed by atoms with Gasteiger partial charge in [0, 0.05) is 19.0 Å². The molecule has 1 unspecified atom stereocenters. The molecule has 1 aliphatic carbocycles. The molecular formula is C16H24N2O. The van der Waals surface area contributed by atoms with Crippen molar-refractivity contribution >= 4 is 5.91 Å². The van der Waals surface area contributed by atoms with Gasteiger partial charge in [0.1, 0.15) is 0 Å². The summed E-state index contributed by atoms with van der Waals surface area (Å²) in [5.41, 5.74) is 8.49. The number of benzene rings is 1. The quantitative estimate of drug-likeness (QED) is 0.826. The van der Waals surface area contributed by atoms with Crippen LogP contribution < -0.4 is 11.1 Å². The van der Waals surface area contributed by atoms with Crippen LogP contribution in [0.15, 0.2) is 24.3 Å². The van der Waals surface area contributed by atoms with Crippen molar-refractivity contribution in [2.75, 3.05) is 6.54 Å². The minimum absolute atomic E-state index is 0.121. The zero-order chi connectivity index (χ0) is 13.8. The minimum atomic E-state index is -0.121. The fourth-order valence-corrected chi connectivity index (χ4v) is 2.13. The molecule has 3 N–H and O–H groups in total. The first-order chi connectivity index (χ1) is 9.06. The van der Waals surface area contributed by atoms with E-state index in [9.17, 15) is 4.79 Å². The molecule has 3 heteroatoms.